The number of ether oxygens (including phenoxy) is 3. The molecule has 0 aliphatic carbocycles. The number of ketones is 1. The number of fused-ring (bicyclic) bond motifs is 1. The molecule has 0 radical (unpaired) electrons. The Labute approximate surface area is 163 Å². The smallest absolute Gasteiger partial charge is 0.306 e. The van der Waals surface area contributed by atoms with E-state index in [2.05, 4.69) is 0 Å². The van der Waals surface area contributed by atoms with Gasteiger partial charge in [0.2, 0.25) is 0 Å². The summed E-state index contributed by atoms with van der Waals surface area (Å²) in [6, 6.07) is 13.0. The molecule has 1 aliphatic heterocycles. The summed E-state index contributed by atoms with van der Waals surface area (Å²) in [5.41, 5.74) is 1.44. The van der Waals surface area contributed by atoms with Crippen molar-refractivity contribution in [3.05, 3.63) is 53.6 Å². The first kappa shape index (κ1) is 19.3. The summed E-state index contributed by atoms with van der Waals surface area (Å²) in [7, 11) is 0. The van der Waals surface area contributed by atoms with Gasteiger partial charge in [-0.05, 0) is 42.2 Å². The lowest BCUT2D eigenvalue weighted by atomic mass is 10.1. The van der Waals surface area contributed by atoms with Gasteiger partial charge in [-0.1, -0.05) is 12.1 Å². The Morgan fingerprint density at radius 2 is 1.74 bits per heavy atom. The number of esters is 1. The highest BCUT2D eigenvalue weighted by molar-refractivity contribution is 7.98. The molecule has 0 aromatic heterocycles. The zero-order valence-electron chi connectivity index (χ0n) is 15.2. The zero-order chi connectivity index (χ0) is 19.1. The van der Waals surface area contributed by atoms with Crippen molar-refractivity contribution in [1.82, 2.24) is 0 Å². The van der Waals surface area contributed by atoms with Crippen LogP contribution >= 0.6 is 11.8 Å². The molecule has 0 bridgehead atoms. The minimum absolute atomic E-state index is 0.0518. The summed E-state index contributed by atoms with van der Waals surface area (Å²) < 4.78 is 16.4. The number of benzene rings is 2. The first-order valence-corrected chi connectivity index (χ1v) is 10.1. The van der Waals surface area contributed by atoms with Crippen LogP contribution in [0.25, 0.3) is 0 Å². The molecule has 0 spiro atoms. The third-order valence-electron chi connectivity index (χ3n) is 4.18. The van der Waals surface area contributed by atoms with Gasteiger partial charge >= 0.3 is 5.97 Å². The van der Waals surface area contributed by atoms with Gasteiger partial charge in [0.05, 0.1) is 19.6 Å². The highest BCUT2D eigenvalue weighted by Gasteiger charge is 2.15. The molecule has 1 aliphatic rings. The monoisotopic (exact) mass is 386 g/mol. The van der Waals surface area contributed by atoms with E-state index in [-0.39, 0.29) is 31.2 Å². The van der Waals surface area contributed by atoms with Crippen LogP contribution in [0.1, 0.15) is 35.2 Å². The Kier molecular flexibility index (Phi) is 6.76. The number of hydrogen-bond acceptors (Lipinski definition) is 6. The molecule has 2 aromatic carbocycles. The molecular formula is C21H22O5S. The maximum absolute atomic E-state index is 12.4. The van der Waals surface area contributed by atoms with E-state index in [0.29, 0.717) is 30.3 Å². The summed E-state index contributed by atoms with van der Waals surface area (Å²) in [5.74, 6) is 0.726. The maximum atomic E-state index is 12.4. The highest BCUT2D eigenvalue weighted by atomic mass is 32.2. The van der Waals surface area contributed by atoms with Crippen LogP contribution in [0.2, 0.25) is 0 Å². The third-order valence-corrected chi connectivity index (χ3v) is 4.93. The summed E-state index contributed by atoms with van der Waals surface area (Å²) in [4.78, 5) is 25.4. The Morgan fingerprint density at radius 1 is 1.00 bits per heavy atom. The fraction of sp³-hybridized carbons (Fsp3) is 0.333. The molecule has 1 heterocycles. The molecule has 0 amide bonds. The molecule has 0 saturated heterocycles. The largest absolute Gasteiger partial charge is 0.490 e. The van der Waals surface area contributed by atoms with Gasteiger partial charge < -0.3 is 14.2 Å². The Hall–Kier alpha value is -2.47. The summed E-state index contributed by atoms with van der Waals surface area (Å²) >= 11 is 1.66. The average molecular weight is 386 g/mol. The van der Waals surface area contributed by atoms with Gasteiger partial charge in [0, 0.05) is 23.3 Å². The van der Waals surface area contributed by atoms with E-state index in [1.54, 1.807) is 30.0 Å². The number of thioether (sulfide) groups is 1. The molecule has 27 heavy (non-hydrogen) atoms. The Morgan fingerprint density at radius 3 is 2.48 bits per heavy atom. The Balaban J connectivity index is 1.48. The van der Waals surface area contributed by atoms with Crippen molar-refractivity contribution in [1.29, 1.82) is 0 Å². The number of carbonyl (C=O) groups is 2. The first-order chi connectivity index (χ1) is 13.2. The molecule has 0 saturated carbocycles. The van der Waals surface area contributed by atoms with Crippen LogP contribution in [0.3, 0.4) is 0 Å². The molecule has 6 heteroatoms. The number of hydrogen-bond donors (Lipinski definition) is 0. The van der Waals surface area contributed by atoms with Crippen molar-refractivity contribution in [2.75, 3.05) is 19.5 Å². The standard InChI is InChI=1S/C21H22O5S/c1-27-17-6-3-15(4-7-17)14-26-21(23)10-8-18(22)16-5-9-19-20(13-16)25-12-2-11-24-19/h3-7,9,13H,2,8,10-12,14H2,1H3. The van der Waals surface area contributed by atoms with Gasteiger partial charge in [0.25, 0.3) is 0 Å². The minimum atomic E-state index is -0.383. The van der Waals surface area contributed by atoms with Crippen molar-refractivity contribution in [3.63, 3.8) is 0 Å². The van der Waals surface area contributed by atoms with E-state index in [4.69, 9.17) is 14.2 Å². The van der Waals surface area contributed by atoms with Crippen LogP contribution in [0.5, 0.6) is 11.5 Å². The third kappa shape index (κ3) is 5.50. The number of rotatable bonds is 7. The molecule has 5 nitrogen and oxygen atoms in total. The second-order valence-electron chi connectivity index (χ2n) is 6.14. The van der Waals surface area contributed by atoms with Crippen LogP contribution in [0.15, 0.2) is 47.4 Å². The van der Waals surface area contributed by atoms with Gasteiger partial charge in [-0.25, -0.2) is 0 Å². The first-order valence-electron chi connectivity index (χ1n) is 8.87. The van der Waals surface area contributed by atoms with Gasteiger partial charge in [-0.2, -0.15) is 0 Å². The van der Waals surface area contributed by atoms with Crippen molar-refractivity contribution in [3.8, 4) is 11.5 Å². The molecule has 142 valence electrons. The summed E-state index contributed by atoms with van der Waals surface area (Å²) in [6.07, 6.45) is 2.97. The van der Waals surface area contributed by atoms with Crippen molar-refractivity contribution in [2.24, 2.45) is 0 Å². The van der Waals surface area contributed by atoms with E-state index in [1.807, 2.05) is 30.5 Å². The second-order valence-corrected chi connectivity index (χ2v) is 7.02. The minimum Gasteiger partial charge on any atom is -0.490 e. The number of carbonyl (C=O) groups excluding carboxylic acids is 2. The molecule has 0 N–H and O–H groups in total. The normalized spacial score (nSPS) is 12.9. The van der Waals surface area contributed by atoms with E-state index < -0.39 is 0 Å². The predicted octanol–water partition coefficient (Wildman–Crippen LogP) is 4.28. The van der Waals surface area contributed by atoms with Gasteiger partial charge in [0.1, 0.15) is 6.61 Å². The second kappa shape index (κ2) is 9.46. The highest BCUT2D eigenvalue weighted by Crippen LogP contribution is 2.30. The van der Waals surface area contributed by atoms with E-state index in [9.17, 15) is 9.59 Å². The van der Waals surface area contributed by atoms with Gasteiger partial charge in [-0.15, -0.1) is 11.8 Å². The molecule has 0 fully saturated rings. The molecule has 2 aromatic rings. The molecule has 0 unspecified atom stereocenters. The van der Waals surface area contributed by atoms with E-state index in [0.717, 1.165) is 16.9 Å². The molecule has 0 atom stereocenters. The predicted molar refractivity (Wildman–Crippen MR) is 104 cm³/mol. The fourth-order valence-corrected chi connectivity index (χ4v) is 3.06. The molecule has 3 rings (SSSR count). The quantitative estimate of drug-likeness (QED) is 0.402. The fourth-order valence-electron chi connectivity index (χ4n) is 2.65. The van der Waals surface area contributed by atoms with Crippen molar-refractivity contribution >= 4 is 23.5 Å². The lowest BCUT2D eigenvalue weighted by Gasteiger charge is -2.09. The van der Waals surface area contributed by atoms with Crippen LogP contribution in [0, 0.1) is 0 Å². The van der Waals surface area contributed by atoms with Crippen molar-refractivity contribution < 1.29 is 23.8 Å². The van der Waals surface area contributed by atoms with Crippen LogP contribution in [0.4, 0.5) is 0 Å². The van der Waals surface area contributed by atoms with Gasteiger partial charge in [0.15, 0.2) is 17.3 Å². The topological polar surface area (TPSA) is 61.8 Å². The maximum Gasteiger partial charge on any atom is 0.306 e. The lowest BCUT2D eigenvalue weighted by molar-refractivity contribution is -0.144. The van der Waals surface area contributed by atoms with Crippen LogP contribution < -0.4 is 9.47 Å². The van der Waals surface area contributed by atoms with Crippen LogP contribution in [-0.2, 0) is 16.1 Å². The summed E-state index contributed by atoms with van der Waals surface area (Å²) in [5, 5.41) is 0. The van der Waals surface area contributed by atoms with Gasteiger partial charge in [-0.3, -0.25) is 9.59 Å². The summed E-state index contributed by atoms with van der Waals surface area (Å²) in [6.45, 7) is 1.38. The zero-order valence-corrected chi connectivity index (χ0v) is 16.1. The van der Waals surface area contributed by atoms with E-state index in [1.165, 1.54) is 0 Å². The molecular weight excluding hydrogens is 364 g/mol. The average Bonchev–Trinajstić information content (AvgIpc) is 2.95. The van der Waals surface area contributed by atoms with Crippen LogP contribution in [-0.4, -0.2) is 31.2 Å². The number of Topliss-reactive ketones (excluding diaryl/α,β-unsaturated/α-hetero) is 1. The van der Waals surface area contributed by atoms with E-state index >= 15 is 0 Å². The van der Waals surface area contributed by atoms with Crippen molar-refractivity contribution in [2.45, 2.75) is 30.8 Å². The lowest BCUT2D eigenvalue weighted by Crippen LogP contribution is -2.08. The Bertz CT molecular complexity index is 801. The SMILES string of the molecule is CSc1ccc(COC(=O)CCC(=O)c2ccc3c(c2)OCCCO3)cc1.